The Kier molecular flexibility index (Phi) is 6.86. The first-order chi connectivity index (χ1) is 16.0. The number of hydrogen-bond donors (Lipinski definition) is 1. The Bertz CT molecular complexity index is 1200. The molecule has 3 aromatic rings. The van der Waals surface area contributed by atoms with E-state index in [2.05, 4.69) is 5.32 Å². The van der Waals surface area contributed by atoms with E-state index >= 15 is 0 Å². The van der Waals surface area contributed by atoms with Gasteiger partial charge >= 0.3 is 0 Å². The van der Waals surface area contributed by atoms with Crippen molar-refractivity contribution in [3.63, 3.8) is 0 Å². The van der Waals surface area contributed by atoms with E-state index in [1.807, 2.05) is 36.4 Å². The highest BCUT2D eigenvalue weighted by Crippen LogP contribution is 2.42. The van der Waals surface area contributed by atoms with Gasteiger partial charge < -0.3 is 24.4 Å². The molecule has 0 radical (unpaired) electrons. The van der Waals surface area contributed by atoms with Crippen LogP contribution in [0.15, 0.2) is 70.5 Å². The molecule has 0 aliphatic carbocycles. The van der Waals surface area contributed by atoms with Crippen molar-refractivity contribution in [1.82, 2.24) is 0 Å². The summed E-state index contributed by atoms with van der Waals surface area (Å²) in [6.07, 6.45) is 0. The van der Waals surface area contributed by atoms with Crippen LogP contribution in [0.1, 0.15) is 20.7 Å². The van der Waals surface area contributed by atoms with E-state index in [1.54, 1.807) is 43.4 Å². The summed E-state index contributed by atoms with van der Waals surface area (Å²) in [5, 5.41) is 2.93. The molecule has 1 aliphatic rings. The quantitative estimate of drug-likeness (QED) is 0.546. The monoisotopic (exact) mass is 464 g/mol. The number of fused-ring (bicyclic) bond motifs is 2. The predicted molar refractivity (Wildman–Crippen MR) is 128 cm³/mol. The van der Waals surface area contributed by atoms with Crippen molar-refractivity contribution in [3.8, 4) is 11.5 Å². The number of ether oxygens (including phenoxy) is 3. The third kappa shape index (κ3) is 4.67. The van der Waals surface area contributed by atoms with Crippen LogP contribution >= 0.6 is 11.8 Å². The van der Waals surface area contributed by atoms with Crippen LogP contribution in [-0.4, -0.2) is 46.3 Å². The molecule has 4 rings (SSSR count). The third-order valence-corrected chi connectivity index (χ3v) is 6.39. The van der Waals surface area contributed by atoms with E-state index in [0.717, 1.165) is 15.5 Å². The molecule has 0 bridgehead atoms. The second-order valence-electron chi connectivity index (χ2n) is 7.25. The minimum Gasteiger partial charge on any atom is -0.497 e. The van der Waals surface area contributed by atoms with E-state index in [-0.39, 0.29) is 11.8 Å². The SMILES string of the molecule is COCCN1C(=O)c2ccccc2Sc2cc(NC(=O)c3ccc(OC)cc3OC)ccc21. The van der Waals surface area contributed by atoms with Crippen LogP contribution < -0.4 is 19.7 Å². The first-order valence-corrected chi connectivity index (χ1v) is 11.1. The minimum absolute atomic E-state index is 0.0753. The Morgan fingerprint density at radius 3 is 2.55 bits per heavy atom. The van der Waals surface area contributed by atoms with Gasteiger partial charge in [0.15, 0.2) is 0 Å². The lowest BCUT2D eigenvalue weighted by Gasteiger charge is -2.23. The zero-order chi connectivity index (χ0) is 23.4. The van der Waals surface area contributed by atoms with E-state index in [0.29, 0.717) is 41.5 Å². The highest BCUT2D eigenvalue weighted by atomic mass is 32.2. The number of carbonyl (C=O) groups is 2. The van der Waals surface area contributed by atoms with Crippen molar-refractivity contribution >= 4 is 35.0 Å². The molecule has 7 nitrogen and oxygen atoms in total. The molecule has 3 aromatic carbocycles. The molecule has 1 N–H and O–H groups in total. The predicted octanol–water partition coefficient (Wildman–Crippen LogP) is 4.71. The van der Waals surface area contributed by atoms with Crippen LogP contribution in [0.25, 0.3) is 0 Å². The number of rotatable bonds is 7. The molecule has 0 unspecified atom stereocenters. The molecule has 1 aliphatic heterocycles. The standard InChI is InChI=1S/C25H24N2O5S/c1-30-13-12-27-20-11-8-16(14-23(20)33-22-7-5-4-6-19(22)25(27)29)26-24(28)18-10-9-17(31-2)15-21(18)32-3/h4-11,14-15H,12-13H2,1-3H3,(H,26,28). The van der Waals surface area contributed by atoms with Crippen molar-refractivity contribution < 1.29 is 23.8 Å². The molecule has 1 heterocycles. The first kappa shape index (κ1) is 22.7. The van der Waals surface area contributed by atoms with Gasteiger partial charge in [-0.05, 0) is 42.5 Å². The molecule has 0 atom stereocenters. The van der Waals surface area contributed by atoms with Crippen molar-refractivity contribution in [2.75, 3.05) is 44.7 Å². The highest BCUT2D eigenvalue weighted by molar-refractivity contribution is 7.99. The molecule has 0 saturated carbocycles. The summed E-state index contributed by atoms with van der Waals surface area (Å²) in [5.41, 5.74) is 2.42. The van der Waals surface area contributed by atoms with Gasteiger partial charge in [-0.15, -0.1) is 0 Å². The zero-order valence-electron chi connectivity index (χ0n) is 18.6. The summed E-state index contributed by atoms with van der Waals surface area (Å²) in [7, 11) is 4.67. The Morgan fingerprint density at radius 1 is 0.970 bits per heavy atom. The number of methoxy groups -OCH3 is 3. The van der Waals surface area contributed by atoms with Crippen molar-refractivity contribution in [2.24, 2.45) is 0 Å². The average Bonchev–Trinajstić information content (AvgIpc) is 2.95. The van der Waals surface area contributed by atoms with E-state index in [1.165, 1.54) is 18.9 Å². The second-order valence-corrected chi connectivity index (χ2v) is 8.33. The number of nitrogens with zero attached hydrogens (tertiary/aromatic N) is 1. The fraction of sp³-hybridized carbons (Fsp3) is 0.200. The van der Waals surface area contributed by atoms with Gasteiger partial charge in [0.25, 0.3) is 11.8 Å². The number of carbonyl (C=O) groups excluding carboxylic acids is 2. The van der Waals surface area contributed by atoms with E-state index in [4.69, 9.17) is 14.2 Å². The van der Waals surface area contributed by atoms with E-state index < -0.39 is 0 Å². The summed E-state index contributed by atoms with van der Waals surface area (Å²) < 4.78 is 15.8. The fourth-order valence-corrected chi connectivity index (χ4v) is 4.71. The summed E-state index contributed by atoms with van der Waals surface area (Å²) in [4.78, 5) is 29.7. The molecule has 2 amide bonds. The summed E-state index contributed by atoms with van der Waals surface area (Å²) >= 11 is 1.50. The number of benzene rings is 3. The number of nitrogens with one attached hydrogen (secondary N) is 1. The average molecular weight is 465 g/mol. The fourth-order valence-electron chi connectivity index (χ4n) is 3.59. The molecule has 8 heteroatoms. The van der Waals surface area contributed by atoms with Crippen molar-refractivity contribution in [1.29, 1.82) is 0 Å². The summed E-state index contributed by atoms with van der Waals surface area (Å²) in [6, 6.07) is 18.1. The molecule has 0 spiro atoms. The summed E-state index contributed by atoms with van der Waals surface area (Å²) in [6.45, 7) is 0.833. The molecule has 0 fully saturated rings. The van der Waals surface area contributed by atoms with Crippen LogP contribution in [0.2, 0.25) is 0 Å². The molecular weight excluding hydrogens is 440 g/mol. The molecule has 0 saturated heterocycles. The molecular formula is C25H24N2O5S. The maximum Gasteiger partial charge on any atom is 0.259 e. The zero-order valence-corrected chi connectivity index (χ0v) is 19.4. The first-order valence-electron chi connectivity index (χ1n) is 10.3. The van der Waals surface area contributed by atoms with Gasteiger partial charge in [-0.1, -0.05) is 23.9 Å². The topological polar surface area (TPSA) is 77.1 Å². The summed E-state index contributed by atoms with van der Waals surface area (Å²) in [5.74, 6) is 0.639. The van der Waals surface area contributed by atoms with Gasteiger partial charge in [-0.2, -0.15) is 0 Å². The van der Waals surface area contributed by atoms with Crippen molar-refractivity contribution in [3.05, 3.63) is 71.8 Å². The van der Waals surface area contributed by atoms with Gasteiger partial charge in [0.2, 0.25) is 0 Å². The Balaban J connectivity index is 1.67. The lowest BCUT2D eigenvalue weighted by Crippen LogP contribution is -2.33. The van der Waals surface area contributed by atoms with Gasteiger partial charge in [-0.3, -0.25) is 9.59 Å². The molecule has 170 valence electrons. The molecule has 33 heavy (non-hydrogen) atoms. The number of anilines is 2. The third-order valence-electron chi connectivity index (χ3n) is 5.26. The van der Waals surface area contributed by atoms with Crippen LogP contribution in [0, 0.1) is 0 Å². The van der Waals surface area contributed by atoms with Crippen molar-refractivity contribution in [2.45, 2.75) is 9.79 Å². The van der Waals surface area contributed by atoms with Crippen LogP contribution in [0.4, 0.5) is 11.4 Å². The minimum atomic E-state index is -0.305. The van der Waals surface area contributed by atoms with Gasteiger partial charge in [0.1, 0.15) is 11.5 Å². The Morgan fingerprint density at radius 2 is 1.79 bits per heavy atom. The van der Waals surface area contributed by atoms with Gasteiger partial charge in [0, 0.05) is 35.2 Å². The van der Waals surface area contributed by atoms with Gasteiger partial charge in [0.05, 0.1) is 37.6 Å². The van der Waals surface area contributed by atoms with E-state index in [9.17, 15) is 9.59 Å². The lowest BCUT2D eigenvalue weighted by atomic mass is 10.1. The highest BCUT2D eigenvalue weighted by Gasteiger charge is 2.27. The normalized spacial score (nSPS) is 12.5. The van der Waals surface area contributed by atoms with Gasteiger partial charge in [-0.25, -0.2) is 0 Å². The maximum atomic E-state index is 13.2. The number of hydrogen-bond acceptors (Lipinski definition) is 6. The van der Waals surface area contributed by atoms with Crippen LogP contribution in [0.5, 0.6) is 11.5 Å². The van der Waals surface area contributed by atoms with Crippen LogP contribution in [0.3, 0.4) is 0 Å². The smallest absolute Gasteiger partial charge is 0.259 e. The second kappa shape index (κ2) is 9.97. The van der Waals surface area contributed by atoms with Crippen LogP contribution in [-0.2, 0) is 4.74 Å². The largest absolute Gasteiger partial charge is 0.497 e. The molecule has 0 aromatic heterocycles. The lowest BCUT2D eigenvalue weighted by molar-refractivity contribution is 0.0971. The Labute approximate surface area is 196 Å². The maximum absolute atomic E-state index is 13.2. The number of amides is 2. The Hall–Kier alpha value is -3.49.